The second-order valence-electron chi connectivity index (χ2n) is 3.69. The van der Waals surface area contributed by atoms with Crippen molar-refractivity contribution in [2.24, 2.45) is 0 Å². The van der Waals surface area contributed by atoms with Gasteiger partial charge in [-0.3, -0.25) is 0 Å². The van der Waals surface area contributed by atoms with Gasteiger partial charge < -0.3 is 4.90 Å². The SMILES string of the molecule is C[NH+](C)CCCc1ccc(Br)cc1. The average molecular weight is 243 g/mol. The summed E-state index contributed by atoms with van der Waals surface area (Å²) < 4.78 is 1.16. The lowest BCUT2D eigenvalue weighted by atomic mass is 10.1. The van der Waals surface area contributed by atoms with Crippen LogP contribution in [0.1, 0.15) is 12.0 Å². The van der Waals surface area contributed by atoms with Gasteiger partial charge in [0, 0.05) is 10.9 Å². The second-order valence-corrected chi connectivity index (χ2v) is 4.60. The normalized spacial score (nSPS) is 10.8. The molecule has 72 valence electrons. The third-order valence-corrected chi connectivity index (χ3v) is 2.58. The Morgan fingerprint density at radius 3 is 2.31 bits per heavy atom. The fourth-order valence-corrected chi connectivity index (χ4v) is 1.56. The maximum atomic E-state index is 3.43. The molecule has 0 aliphatic heterocycles. The van der Waals surface area contributed by atoms with Gasteiger partial charge in [-0.25, -0.2) is 0 Å². The minimum Gasteiger partial charge on any atom is -0.340 e. The number of rotatable bonds is 4. The number of hydrogen-bond donors (Lipinski definition) is 1. The summed E-state index contributed by atoms with van der Waals surface area (Å²) >= 11 is 3.43. The number of aryl methyl sites for hydroxylation is 1. The predicted molar refractivity (Wildman–Crippen MR) is 60.1 cm³/mol. The molecule has 0 aliphatic carbocycles. The standard InChI is InChI=1S/C11H16BrN/c1-13(2)9-3-4-10-5-7-11(12)8-6-10/h5-8H,3-4,9H2,1-2H3/p+1. The van der Waals surface area contributed by atoms with Crippen molar-refractivity contribution in [3.63, 3.8) is 0 Å². The van der Waals surface area contributed by atoms with Gasteiger partial charge in [0.15, 0.2) is 0 Å². The quantitative estimate of drug-likeness (QED) is 0.818. The zero-order chi connectivity index (χ0) is 9.68. The summed E-state index contributed by atoms with van der Waals surface area (Å²) in [7, 11) is 4.39. The molecule has 0 bridgehead atoms. The van der Waals surface area contributed by atoms with Crippen LogP contribution < -0.4 is 4.90 Å². The molecule has 0 unspecified atom stereocenters. The predicted octanol–water partition coefficient (Wildman–Crippen LogP) is 1.53. The molecule has 0 aromatic heterocycles. The fraction of sp³-hybridized carbons (Fsp3) is 0.455. The van der Waals surface area contributed by atoms with E-state index in [1.807, 2.05) is 0 Å². The molecule has 1 rings (SSSR count). The van der Waals surface area contributed by atoms with Crippen molar-refractivity contribution in [3.05, 3.63) is 34.3 Å². The molecule has 0 saturated heterocycles. The molecule has 1 aromatic rings. The molecule has 0 fully saturated rings. The maximum absolute atomic E-state index is 3.43. The van der Waals surface area contributed by atoms with E-state index in [4.69, 9.17) is 0 Å². The van der Waals surface area contributed by atoms with Gasteiger partial charge in [-0.2, -0.15) is 0 Å². The molecular weight excluding hydrogens is 226 g/mol. The van der Waals surface area contributed by atoms with Gasteiger partial charge >= 0.3 is 0 Å². The monoisotopic (exact) mass is 242 g/mol. The summed E-state index contributed by atoms with van der Waals surface area (Å²) in [6.07, 6.45) is 2.46. The van der Waals surface area contributed by atoms with Crippen LogP contribution in [-0.2, 0) is 6.42 Å². The summed E-state index contributed by atoms with van der Waals surface area (Å²) in [5.74, 6) is 0. The van der Waals surface area contributed by atoms with Gasteiger partial charge in [0.25, 0.3) is 0 Å². The van der Waals surface area contributed by atoms with Crippen LogP contribution in [0.5, 0.6) is 0 Å². The highest BCUT2D eigenvalue weighted by molar-refractivity contribution is 9.10. The Bertz CT molecular complexity index is 241. The van der Waals surface area contributed by atoms with Crippen LogP contribution in [0.3, 0.4) is 0 Å². The molecule has 0 heterocycles. The number of halogens is 1. The van der Waals surface area contributed by atoms with Gasteiger partial charge in [-0.05, 0) is 24.1 Å². The van der Waals surface area contributed by atoms with Crippen LogP contribution >= 0.6 is 15.9 Å². The number of nitrogens with one attached hydrogen (secondary N) is 1. The minimum atomic E-state index is 1.16. The number of hydrogen-bond acceptors (Lipinski definition) is 0. The van der Waals surface area contributed by atoms with Crippen LogP contribution in [0.25, 0.3) is 0 Å². The van der Waals surface area contributed by atoms with E-state index < -0.39 is 0 Å². The Kier molecular flexibility index (Phi) is 4.46. The first kappa shape index (κ1) is 10.7. The van der Waals surface area contributed by atoms with E-state index in [1.54, 1.807) is 0 Å². The molecule has 1 N–H and O–H groups in total. The second kappa shape index (κ2) is 5.40. The molecular formula is C11H17BrN+. The van der Waals surface area contributed by atoms with Crippen molar-refractivity contribution in [2.75, 3.05) is 20.6 Å². The summed E-state index contributed by atoms with van der Waals surface area (Å²) in [6, 6.07) is 8.60. The largest absolute Gasteiger partial charge is 0.340 e. The van der Waals surface area contributed by atoms with Crippen LogP contribution in [0, 0.1) is 0 Å². The van der Waals surface area contributed by atoms with Gasteiger partial charge in [-0.1, -0.05) is 28.1 Å². The number of quaternary nitrogens is 1. The van der Waals surface area contributed by atoms with Crippen LogP contribution in [-0.4, -0.2) is 20.6 Å². The van der Waals surface area contributed by atoms with E-state index in [9.17, 15) is 0 Å². The highest BCUT2D eigenvalue weighted by Crippen LogP contribution is 2.11. The summed E-state index contributed by atoms with van der Waals surface area (Å²) in [5.41, 5.74) is 1.43. The zero-order valence-corrected chi connectivity index (χ0v) is 9.89. The van der Waals surface area contributed by atoms with Crippen molar-refractivity contribution in [1.29, 1.82) is 0 Å². The molecule has 0 spiro atoms. The van der Waals surface area contributed by atoms with E-state index in [2.05, 4.69) is 54.3 Å². The fourth-order valence-electron chi connectivity index (χ4n) is 1.30. The van der Waals surface area contributed by atoms with E-state index in [1.165, 1.54) is 29.8 Å². The van der Waals surface area contributed by atoms with Crippen molar-refractivity contribution < 1.29 is 4.90 Å². The Balaban J connectivity index is 2.33. The van der Waals surface area contributed by atoms with Gasteiger partial charge in [0.1, 0.15) is 0 Å². The van der Waals surface area contributed by atoms with Crippen molar-refractivity contribution in [2.45, 2.75) is 12.8 Å². The van der Waals surface area contributed by atoms with Gasteiger partial charge in [0.05, 0.1) is 20.6 Å². The topological polar surface area (TPSA) is 4.44 Å². The Morgan fingerprint density at radius 1 is 1.15 bits per heavy atom. The van der Waals surface area contributed by atoms with E-state index in [0.717, 1.165) is 4.47 Å². The Morgan fingerprint density at radius 2 is 1.77 bits per heavy atom. The summed E-state index contributed by atoms with van der Waals surface area (Å²) in [5, 5.41) is 0. The zero-order valence-electron chi connectivity index (χ0n) is 8.31. The Hall–Kier alpha value is -0.340. The molecule has 1 nitrogen and oxygen atoms in total. The molecule has 0 atom stereocenters. The first-order valence-corrected chi connectivity index (χ1v) is 5.51. The molecule has 0 radical (unpaired) electrons. The summed E-state index contributed by atoms with van der Waals surface area (Å²) in [4.78, 5) is 1.53. The Labute approximate surface area is 88.9 Å². The molecule has 2 heteroatoms. The maximum Gasteiger partial charge on any atom is 0.0770 e. The first-order valence-electron chi connectivity index (χ1n) is 4.72. The van der Waals surface area contributed by atoms with E-state index >= 15 is 0 Å². The van der Waals surface area contributed by atoms with E-state index in [-0.39, 0.29) is 0 Å². The van der Waals surface area contributed by atoms with Crippen LogP contribution in [0.15, 0.2) is 28.7 Å². The van der Waals surface area contributed by atoms with Crippen LogP contribution in [0.2, 0.25) is 0 Å². The smallest absolute Gasteiger partial charge is 0.0770 e. The molecule has 13 heavy (non-hydrogen) atoms. The molecule has 0 aliphatic rings. The highest BCUT2D eigenvalue weighted by Gasteiger charge is 1.96. The highest BCUT2D eigenvalue weighted by atomic mass is 79.9. The summed E-state index contributed by atoms with van der Waals surface area (Å²) in [6.45, 7) is 1.25. The molecule has 1 aromatic carbocycles. The van der Waals surface area contributed by atoms with Gasteiger partial charge in [0.2, 0.25) is 0 Å². The van der Waals surface area contributed by atoms with Crippen LogP contribution in [0.4, 0.5) is 0 Å². The molecule has 0 amide bonds. The third kappa shape index (κ3) is 4.44. The lowest BCUT2D eigenvalue weighted by Gasteiger charge is -2.06. The van der Waals surface area contributed by atoms with Crippen molar-refractivity contribution in [3.8, 4) is 0 Å². The number of benzene rings is 1. The van der Waals surface area contributed by atoms with E-state index in [0.29, 0.717) is 0 Å². The first-order chi connectivity index (χ1) is 6.18. The lowest BCUT2D eigenvalue weighted by molar-refractivity contribution is -0.858. The van der Waals surface area contributed by atoms with Gasteiger partial charge in [-0.15, -0.1) is 0 Å². The van der Waals surface area contributed by atoms with Crippen molar-refractivity contribution >= 4 is 15.9 Å². The minimum absolute atomic E-state index is 1.16. The lowest BCUT2D eigenvalue weighted by Crippen LogP contribution is -3.05. The molecule has 0 saturated carbocycles. The van der Waals surface area contributed by atoms with Crippen molar-refractivity contribution in [1.82, 2.24) is 0 Å². The average Bonchev–Trinajstić information content (AvgIpc) is 2.08. The third-order valence-electron chi connectivity index (χ3n) is 2.06.